The summed E-state index contributed by atoms with van der Waals surface area (Å²) in [5.41, 5.74) is 1.15. The van der Waals surface area contributed by atoms with Crippen molar-refractivity contribution < 1.29 is 17.9 Å². The molecule has 0 radical (unpaired) electrons. The van der Waals surface area contributed by atoms with Gasteiger partial charge in [0.15, 0.2) is 0 Å². The van der Waals surface area contributed by atoms with Crippen LogP contribution >= 0.6 is 11.9 Å². The first-order valence-corrected chi connectivity index (χ1v) is 9.12. The van der Waals surface area contributed by atoms with Crippen LogP contribution < -0.4 is 4.74 Å². The first-order valence-electron chi connectivity index (χ1n) is 8.18. The van der Waals surface area contributed by atoms with E-state index in [1.54, 1.807) is 12.1 Å². The molecule has 0 saturated carbocycles. The lowest BCUT2D eigenvalue weighted by Gasteiger charge is -2.29. The van der Waals surface area contributed by atoms with E-state index in [1.807, 2.05) is 30.5 Å². The molecule has 2 aliphatic heterocycles. The normalized spacial score (nSPS) is 16.5. The highest BCUT2D eigenvalue weighted by Gasteiger charge is 2.31. The summed E-state index contributed by atoms with van der Waals surface area (Å²) in [6.45, 7) is 0.903. The molecule has 3 heterocycles. The third kappa shape index (κ3) is 3.85. The van der Waals surface area contributed by atoms with Gasteiger partial charge in [0.05, 0.1) is 5.56 Å². The van der Waals surface area contributed by atoms with Gasteiger partial charge in [0.2, 0.25) is 5.88 Å². The third-order valence-electron chi connectivity index (χ3n) is 4.07. The number of amidine groups is 1. The average molecular weight is 389 g/mol. The van der Waals surface area contributed by atoms with Crippen LogP contribution in [0.3, 0.4) is 0 Å². The van der Waals surface area contributed by atoms with E-state index >= 15 is 0 Å². The maximum absolute atomic E-state index is 12.8. The van der Waals surface area contributed by atoms with E-state index in [2.05, 4.69) is 14.3 Å². The number of fused-ring (bicyclic) bond motifs is 1. The SMILES string of the molecule is FC(F)(F)c1ccnc(Oc2ccc(C3=CC=CN4CCSN=C34)cc2)c1. The molecule has 0 saturated heterocycles. The lowest BCUT2D eigenvalue weighted by atomic mass is 10.0. The predicted octanol–water partition coefficient (Wildman–Crippen LogP) is 5.17. The van der Waals surface area contributed by atoms with Gasteiger partial charge in [-0.05, 0) is 47.9 Å². The van der Waals surface area contributed by atoms with Crippen LogP contribution in [0.1, 0.15) is 11.1 Å². The standard InChI is InChI=1S/C19H14F3N3OS/c20-19(21,22)14-7-8-23-17(12-14)26-15-5-3-13(4-6-15)16-2-1-9-25-10-11-27-24-18(16)25/h1-9,12H,10-11H2. The van der Waals surface area contributed by atoms with Crippen LogP contribution in [-0.2, 0) is 6.18 Å². The van der Waals surface area contributed by atoms with Crippen molar-refractivity contribution in [2.45, 2.75) is 6.18 Å². The summed E-state index contributed by atoms with van der Waals surface area (Å²) >= 11 is 1.53. The summed E-state index contributed by atoms with van der Waals surface area (Å²) in [6, 6.07) is 8.92. The lowest BCUT2D eigenvalue weighted by molar-refractivity contribution is -0.137. The summed E-state index contributed by atoms with van der Waals surface area (Å²) in [5, 5.41) is 0. The maximum Gasteiger partial charge on any atom is 0.416 e. The zero-order valence-corrected chi connectivity index (χ0v) is 14.8. The van der Waals surface area contributed by atoms with Crippen molar-refractivity contribution in [2.24, 2.45) is 4.40 Å². The maximum atomic E-state index is 12.8. The Bertz CT molecular complexity index is 936. The minimum Gasteiger partial charge on any atom is -0.439 e. The Hall–Kier alpha value is -2.74. The lowest BCUT2D eigenvalue weighted by Crippen LogP contribution is -2.32. The quantitative estimate of drug-likeness (QED) is 0.679. The molecule has 0 atom stereocenters. The molecule has 0 N–H and O–H groups in total. The number of alkyl halides is 3. The highest BCUT2D eigenvalue weighted by Crippen LogP contribution is 2.32. The molecule has 2 aliphatic rings. The van der Waals surface area contributed by atoms with Crippen molar-refractivity contribution in [3.8, 4) is 11.6 Å². The molecule has 4 rings (SSSR count). The summed E-state index contributed by atoms with van der Waals surface area (Å²) < 4.78 is 48.4. The smallest absolute Gasteiger partial charge is 0.416 e. The summed E-state index contributed by atoms with van der Waals surface area (Å²) in [6.07, 6.45) is 2.61. The van der Waals surface area contributed by atoms with Gasteiger partial charge in [0.1, 0.15) is 11.6 Å². The molecule has 0 unspecified atom stereocenters. The van der Waals surface area contributed by atoms with Gasteiger partial charge < -0.3 is 9.64 Å². The van der Waals surface area contributed by atoms with E-state index in [-0.39, 0.29) is 5.88 Å². The average Bonchev–Trinajstić information content (AvgIpc) is 2.68. The van der Waals surface area contributed by atoms with E-state index in [1.165, 1.54) is 11.9 Å². The fourth-order valence-corrected chi connectivity index (χ4v) is 3.46. The zero-order valence-electron chi connectivity index (χ0n) is 14.0. The molecule has 0 fully saturated rings. The molecule has 2 aromatic rings. The van der Waals surface area contributed by atoms with Crippen LogP contribution in [0.4, 0.5) is 13.2 Å². The number of nitrogens with zero attached hydrogens (tertiary/aromatic N) is 3. The van der Waals surface area contributed by atoms with Crippen LogP contribution in [0.2, 0.25) is 0 Å². The van der Waals surface area contributed by atoms with E-state index in [0.717, 1.165) is 47.6 Å². The Balaban J connectivity index is 1.54. The first kappa shape index (κ1) is 17.7. The number of aromatic nitrogens is 1. The number of rotatable bonds is 3. The van der Waals surface area contributed by atoms with Gasteiger partial charge in [0.25, 0.3) is 0 Å². The topological polar surface area (TPSA) is 37.7 Å². The van der Waals surface area contributed by atoms with Crippen molar-refractivity contribution in [1.82, 2.24) is 9.88 Å². The minimum atomic E-state index is -4.43. The van der Waals surface area contributed by atoms with Gasteiger partial charge in [-0.1, -0.05) is 12.1 Å². The molecular weight excluding hydrogens is 375 g/mol. The van der Waals surface area contributed by atoms with Crippen molar-refractivity contribution >= 4 is 23.4 Å². The molecule has 0 aliphatic carbocycles. The van der Waals surface area contributed by atoms with Crippen LogP contribution in [0.25, 0.3) is 5.57 Å². The number of benzene rings is 1. The molecule has 27 heavy (non-hydrogen) atoms. The Morgan fingerprint density at radius 3 is 2.70 bits per heavy atom. The zero-order chi connectivity index (χ0) is 18.9. The summed E-state index contributed by atoms with van der Waals surface area (Å²) in [7, 11) is 0. The molecular formula is C19H14F3N3OS. The van der Waals surface area contributed by atoms with Crippen molar-refractivity contribution in [3.05, 3.63) is 72.1 Å². The second-order valence-corrected chi connectivity index (χ2v) is 6.72. The van der Waals surface area contributed by atoms with Gasteiger partial charge in [-0.25, -0.2) is 4.98 Å². The molecule has 1 aromatic carbocycles. The Morgan fingerprint density at radius 2 is 1.93 bits per heavy atom. The highest BCUT2D eigenvalue weighted by molar-refractivity contribution is 7.98. The molecule has 138 valence electrons. The second kappa shape index (κ2) is 7.11. The molecule has 0 bridgehead atoms. The number of pyridine rings is 1. The van der Waals surface area contributed by atoms with Gasteiger partial charge in [0, 0.05) is 36.3 Å². The van der Waals surface area contributed by atoms with Gasteiger partial charge in [-0.3, -0.25) is 0 Å². The second-order valence-electron chi connectivity index (χ2n) is 5.87. The number of hydrogen-bond acceptors (Lipinski definition) is 5. The number of allylic oxidation sites excluding steroid dienone is 2. The molecule has 0 amide bonds. The fourth-order valence-electron chi connectivity index (χ4n) is 2.76. The van der Waals surface area contributed by atoms with Crippen LogP contribution in [0.15, 0.2) is 65.3 Å². The number of halogens is 3. The molecule has 4 nitrogen and oxygen atoms in total. The van der Waals surface area contributed by atoms with Crippen LogP contribution in [0, 0.1) is 0 Å². The van der Waals surface area contributed by atoms with Crippen LogP contribution in [-0.4, -0.2) is 28.0 Å². The van der Waals surface area contributed by atoms with Gasteiger partial charge >= 0.3 is 6.18 Å². The van der Waals surface area contributed by atoms with E-state index in [0.29, 0.717) is 5.75 Å². The monoisotopic (exact) mass is 389 g/mol. The first-order chi connectivity index (χ1) is 13.0. The number of hydrogen-bond donors (Lipinski definition) is 0. The van der Waals surface area contributed by atoms with Gasteiger partial charge in [-0.2, -0.15) is 17.6 Å². The Labute approximate surface area is 158 Å². The number of ether oxygens (including phenoxy) is 1. The van der Waals surface area contributed by atoms with Crippen LogP contribution in [0.5, 0.6) is 11.6 Å². The fraction of sp³-hybridized carbons (Fsp3) is 0.158. The van der Waals surface area contributed by atoms with Gasteiger partial charge in [-0.15, -0.1) is 0 Å². The van der Waals surface area contributed by atoms with Crippen molar-refractivity contribution in [3.63, 3.8) is 0 Å². The highest BCUT2D eigenvalue weighted by atomic mass is 32.2. The van der Waals surface area contributed by atoms with E-state index < -0.39 is 11.7 Å². The van der Waals surface area contributed by atoms with E-state index in [9.17, 15) is 13.2 Å². The third-order valence-corrected chi connectivity index (χ3v) is 4.73. The molecule has 0 spiro atoms. The van der Waals surface area contributed by atoms with Crippen molar-refractivity contribution in [2.75, 3.05) is 12.3 Å². The largest absolute Gasteiger partial charge is 0.439 e. The minimum absolute atomic E-state index is 0.100. The Kier molecular flexibility index (Phi) is 4.65. The summed E-state index contributed by atoms with van der Waals surface area (Å²) in [4.78, 5) is 5.94. The van der Waals surface area contributed by atoms with E-state index in [4.69, 9.17) is 4.74 Å². The predicted molar refractivity (Wildman–Crippen MR) is 99.5 cm³/mol. The Morgan fingerprint density at radius 1 is 1.11 bits per heavy atom. The van der Waals surface area contributed by atoms with Crippen molar-refractivity contribution in [1.29, 1.82) is 0 Å². The summed E-state index contributed by atoms with van der Waals surface area (Å²) in [5.74, 6) is 2.16. The molecule has 1 aromatic heterocycles. The molecule has 8 heteroatoms.